The highest BCUT2D eigenvalue weighted by atomic mass is 19.1. The van der Waals surface area contributed by atoms with Gasteiger partial charge in [-0.1, -0.05) is 6.07 Å². The molecule has 2 aromatic rings. The lowest BCUT2D eigenvalue weighted by atomic mass is 10.0. The zero-order valence-corrected chi connectivity index (χ0v) is 9.87. The van der Waals surface area contributed by atoms with E-state index < -0.39 is 29.0 Å². The van der Waals surface area contributed by atoms with Crippen molar-refractivity contribution in [1.82, 2.24) is 4.98 Å². The minimum Gasteiger partial charge on any atom is -0.464 e. The first-order valence-electron chi connectivity index (χ1n) is 5.30. The number of rotatable bonds is 3. The van der Waals surface area contributed by atoms with Crippen LogP contribution < -0.4 is 0 Å². The van der Waals surface area contributed by atoms with Crippen LogP contribution >= 0.6 is 0 Å². The van der Waals surface area contributed by atoms with Crippen molar-refractivity contribution >= 4 is 11.8 Å². The summed E-state index contributed by atoms with van der Waals surface area (Å²) in [4.78, 5) is 25.7. The molecule has 1 aromatic carbocycles. The molecule has 1 heterocycles. The average Bonchev–Trinajstić information content (AvgIpc) is 2.87. The number of aromatic nitrogens is 1. The molecule has 6 heteroatoms. The van der Waals surface area contributed by atoms with Crippen LogP contribution in [-0.4, -0.2) is 23.8 Å². The second-order valence-corrected chi connectivity index (χ2v) is 3.72. The predicted octanol–water partition coefficient (Wildman–Crippen LogP) is 2.31. The van der Waals surface area contributed by atoms with Gasteiger partial charge in [0, 0.05) is 11.8 Å². The topological polar surface area (TPSA) is 59.2 Å². The van der Waals surface area contributed by atoms with Crippen LogP contribution in [0.15, 0.2) is 30.5 Å². The lowest BCUT2D eigenvalue weighted by Gasteiger charge is -2.01. The summed E-state index contributed by atoms with van der Waals surface area (Å²) in [6, 6.07) is 4.33. The Morgan fingerprint density at radius 2 is 1.84 bits per heavy atom. The monoisotopic (exact) mass is 265 g/mol. The number of methoxy groups -OCH3 is 1. The summed E-state index contributed by atoms with van der Waals surface area (Å²) in [5.41, 5.74) is -0.648. The summed E-state index contributed by atoms with van der Waals surface area (Å²) < 4.78 is 31.4. The molecule has 0 bridgehead atoms. The average molecular weight is 265 g/mol. The molecular formula is C13H9F2NO3. The molecule has 1 N–H and O–H groups in total. The normalized spacial score (nSPS) is 10.3. The Kier molecular flexibility index (Phi) is 3.41. The van der Waals surface area contributed by atoms with E-state index in [0.717, 1.165) is 12.1 Å². The van der Waals surface area contributed by atoms with E-state index in [1.807, 2.05) is 0 Å². The number of hydrogen-bond acceptors (Lipinski definition) is 3. The third-order valence-electron chi connectivity index (χ3n) is 2.54. The Morgan fingerprint density at radius 3 is 2.42 bits per heavy atom. The van der Waals surface area contributed by atoms with E-state index in [-0.39, 0.29) is 11.3 Å². The number of nitrogens with one attached hydrogen (secondary N) is 1. The Hall–Kier alpha value is -2.50. The van der Waals surface area contributed by atoms with Crippen LogP contribution in [0.5, 0.6) is 0 Å². The van der Waals surface area contributed by atoms with Gasteiger partial charge in [-0.3, -0.25) is 4.79 Å². The smallest absolute Gasteiger partial charge is 0.354 e. The van der Waals surface area contributed by atoms with Crippen molar-refractivity contribution < 1.29 is 23.1 Å². The zero-order valence-electron chi connectivity index (χ0n) is 9.87. The van der Waals surface area contributed by atoms with Crippen LogP contribution in [0, 0.1) is 11.6 Å². The van der Waals surface area contributed by atoms with Crippen molar-refractivity contribution in [2.75, 3.05) is 7.11 Å². The SMILES string of the molecule is COC(=O)c1cc(C(=O)c2c(F)cccc2F)c[nH]1. The maximum absolute atomic E-state index is 13.5. The maximum Gasteiger partial charge on any atom is 0.354 e. The van der Waals surface area contributed by atoms with E-state index >= 15 is 0 Å². The summed E-state index contributed by atoms with van der Waals surface area (Å²) in [5, 5.41) is 0. The number of hydrogen-bond donors (Lipinski definition) is 1. The minimum atomic E-state index is -0.953. The molecule has 19 heavy (non-hydrogen) atoms. The van der Waals surface area contributed by atoms with Crippen molar-refractivity contribution in [2.45, 2.75) is 0 Å². The van der Waals surface area contributed by atoms with Gasteiger partial charge in [-0.2, -0.15) is 0 Å². The first-order chi connectivity index (χ1) is 9.04. The number of aromatic amines is 1. The number of halogens is 2. The van der Waals surface area contributed by atoms with E-state index in [0.29, 0.717) is 0 Å². The van der Waals surface area contributed by atoms with Crippen LogP contribution in [0.2, 0.25) is 0 Å². The lowest BCUT2D eigenvalue weighted by molar-refractivity contribution is 0.0595. The third kappa shape index (κ3) is 2.37. The molecule has 0 aliphatic carbocycles. The van der Waals surface area contributed by atoms with E-state index in [4.69, 9.17) is 0 Å². The van der Waals surface area contributed by atoms with Crippen molar-refractivity contribution in [1.29, 1.82) is 0 Å². The van der Waals surface area contributed by atoms with Gasteiger partial charge < -0.3 is 9.72 Å². The summed E-state index contributed by atoms with van der Waals surface area (Å²) in [6.45, 7) is 0. The van der Waals surface area contributed by atoms with Gasteiger partial charge in [-0.05, 0) is 18.2 Å². The maximum atomic E-state index is 13.5. The second-order valence-electron chi connectivity index (χ2n) is 3.72. The fraction of sp³-hybridized carbons (Fsp3) is 0.0769. The van der Waals surface area contributed by atoms with Gasteiger partial charge in [0.05, 0.1) is 12.7 Å². The Labute approximate surface area is 107 Å². The van der Waals surface area contributed by atoms with Crippen LogP contribution in [0.3, 0.4) is 0 Å². The number of carbonyl (C=O) groups excluding carboxylic acids is 2. The van der Waals surface area contributed by atoms with Gasteiger partial charge in [0.2, 0.25) is 0 Å². The van der Waals surface area contributed by atoms with Gasteiger partial charge in [0.15, 0.2) is 5.78 Å². The van der Waals surface area contributed by atoms with Gasteiger partial charge in [-0.25, -0.2) is 13.6 Å². The summed E-state index contributed by atoms with van der Waals surface area (Å²) in [5.74, 6) is -3.42. The molecule has 0 aliphatic rings. The molecule has 0 aliphatic heterocycles. The van der Waals surface area contributed by atoms with Gasteiger partial charge >= 0.3 is 5.97 Å². The van der Waals surface area contributed by atoms with Gasteiger partial charge in [-0.15, -0.1) is 0 Å². The molecule has 0 atom stereocenters. The fourth-order valence-electron chi connectivity index (χ4n) is 1.61. The van der Waals surface area contributed by atoms with Crippen molar-refractivity contribution in [3.63, 3.8) is 0 Å². The minimum absolute atomic E-state index is 0.0237. The predicted molar refractivity (Wildman–Crippen MR) is 61.9 cm³/mol. The van der Waals surface area contributed by atoms with Crippen LogP contribution in [0.1, 0.15) is 26.4 Å². The van der Waals surface area contributed by atoms with E-state index in [9.17, 15) is 18.4 Å². The molecule has 1 aromatic heterocycles. The molecule has 0 saturated heterocycles. The van der Waals surface area contributed by atoms with Crippen molar-refractivity contribution in [2.24, 2.45) is 0 Å². The molecule has 0 fully saturated rings. The highest BCUT2D eigenvalue weighted by Gasteiger charge is 2.21. The number of ether oxygens (including phenoxy) is 1. The second kappa shape index (κ2) is 5.01. The molecule has 0 saturated carbocycles. The van der Waals surface area contributed by atoms with Crippen LogP contribution in [0.25, 0.3) is 0 Å². The van der Waals surface area contributed by atoms with E-state index in [1.165, 1.54) is 25.4 Å². The number of carbonyl (C=O) groups is 2. The highest BCUT2D eigenvalue weighted by molar-refractivity contribution is 6.10. The molecule has 0 radical (unpaired) electrons. The molecule has 4 nitrogen and oxygen atoms in total. The third-order valence-corrected chi connectivity index (χ3v) is 2.54. The van der Waals surface area contributed by atoms with Crippen molar-refractivity contribution in [3.05, 3.63) is 58.9 Å². The largest absolute Gasteiger partial charge is 0.464 e. The molecule has 2 rings (SSSR count). The molecule has 0 spiro atoms. The van der Waals surface area contributed by atoms with E-state index in [2.05, 4.69) is 9.72 Å². The molecule has 98 valence electrons. The number of ketones is 1. The summed E-state index contributed by atoms with van der Waals surface area (Å²) in [6.07, 6.45) is 1.19. The Balaban J connectivity index is 2.40. The molecular weight excluding hydrogens is 256 g/mol. The number of H-pyrrole nitrogens is 1. The number of benzene rings is 1. The first-order valence-corrected chi connectivity index (χ1v) is 5.30. The van der Waals surface area contributed by atoms with Gasteiger partial charge in [0.25, 0.3) is 0 Å². The van der Waals surface area contributed by atoms with Crippen LogP contribution in [-0.2, 0) is 4.74 Å². The summed E-state index contributed by atoms with van der Waals surface area (Å²) in [7, 11) is 1.18. The quantitative estimate of drug-likeness (QED) is 0.684. The lowest BCUT2D eigenvalue weighted by Crippen LogP contribution is -2.06. The zero-order chi connectivity index (χ0) is 14.0. The Morgan fingerprint density at radius 1 is 1.21 bits per heavy atom. The standard InChI is InChI=1S/C13H9F2NO3/c1-19-13(18)10-5-7(6-16-10)12(17)11-8(14)3-2-4-9(11)15/h2-6,16H,1H3. The molecule has 0 amide bonds. The van der Waals surface area contributed by atoms with Gasteiger partial charge in [0.1, 0.15) is 17.3 Å². The Bertz CT molecular complexity index is 629. The number of esters is 1. The van der Waals surface area contributed by atoms with E-state index in [1.54, 1.807) is 0 Å². The first kappa shape index (κ1) is 12.9. The highest BCUT2D eigenvalue weighted by Crippen LogP contribution is 2.18. The van der Waals surface area contributed by atoms with Crippen molar-refractivity contribution in [3.8, 4) is 0 Å². The fourth-order valence-corrected chi connectivity index (χ4v) is 1.61. The molecule has 0 unspecified atom stereocenters. The van der Waals surface area contributed by atoms with Crippen LogP contribution in [0.4, 0.5) is 8.78 Å². The summed E-state index contributed by atoms with van der Waals surface area (Å²) >= 11 is 0.